The molecular formula is C30H35N3O4S. The molecular weight excluding hydrogens is 498 g/mol. The summed E-state index contributed by atoms with van der Waals surface area (Å²) in [5.41, 5.74) is 2.57. The molecule has 2 aromatic carbocycles. The number of hydrogen-bond acceptors (Lipinski definition) is 7. The van der Waals surface area contributed by atoms with Crippen molar-refractivity contribution in [1.29, 1.82) is 0 Å². The highest BCUT2D eigenvalue weighted by Crippen LogP contribution is 2.47. The molecule has 1 aliphatic carbocycles. The van der Waals surface area contributed by atoms with E-state index < -0.39 is 5.79 Å². The summed E-state index contributed by atoms with van der Waals surface area (Å²) in [4.78, 5) is 23.7. The summed E-state index contributed by atoms with van der Waals surface area (Å²) < 4.78 is 17.5. The number of carbonyl (C=O) groups excluding carboxylic acids is 1. The molecule has 3 heterocycles. The maximum absolute atomic E-state index is 14.1. The van der Waals surface area contributed by atoms with Crippen molar-refractivity contribution >= 4 is 17.2 Å². The first-order valence-electron chi connectivity index (χ1n) is 13.5. The maximum atomic E-state index is 14.1. The Morgan fingerprint density at radius 3 is 2.71 bits per heavy atom. The maximum Gasteiger partial charge on any atom is 0.254 e. The molecule has 1 atom stereocenters. The van der Waals surface area contributed by atoms with Gasteiger partial charge in [0.1, 0.15) is 5.01 Å². The van der Waals surface area contributed by atoms with Crippen LogP contribution >= 0.6 is 11.3 Å². The summed E-state index contributed by atoms with van der Waals surface area (Å²) in [6, 6.07) is 14.8. The molecule has 1 unspecified atom stereocenters. The fourth-order valence-electron chi connectivity index (χ4n) is 5.76. The zero-order valence-corrected chi connectivity index (χ0v) is 23.1. The van der Waals surface area contributed by atoms with E-state index in [1.54, 1.807) is 30.6 Å². The summed E-state index contributed by atoms with van der Waals surface area (Å²) in [5, 5.41) is 3.01. The van der Waals surface area contributed by atoms with E-state index in [1.807, 2.05) is 36.9 Å². The topological polar surface area (TPSA) is 64.1 Å². The van der Waals surface area contributed by atoms with Crippen molar-refractivity contribution in [3.05, 3.63) is 58.4 Å². The Bertz CT molecular complexity index is 1300. The number of carbonyl (C=O) groups is 1. The molecule has 1 aromatic heterocycles. The number of ether oxygens (including phenoxy) is 3. The van der Waals surface area contributed by atoms with Crippen LogP contribution in [-0.2, 0) is 6.54 Å². The van der Waals surface area contributed by atoms with E-state index in [-0.39, 0.29) is 5.91 Å². The summed E-state index contributed by atoms with van der Waals surface area (Å²) in [6.07, 6.45) is 6.15. The number of nitrogens with zero attached hydrogens (tertiary/aromatic N) is 3. The number of benzene rings is 2. The minimum atomic E-state index is -0.807. The molecule has 38 heavy (non-hydrogen) atoms. The van der Waals surface area contributed by atoms with E-state index >= 15 is 0 Å². The Morgan fingerprint density at radius 2 is 1.97 bits per heavy atom. The van der Waals surface area contributed by atoms with Crippen molar-refractivity contribution in [3.63, 3.8) is 0 Å². The standard InChI is InChI=1S/C30H35N3O4S/c1-30(2)36-26-16-21(15-25(35-3)28(26)37-30)29(34)32(17-23-13-8-14-33(23)22-11-7-12-22)18-27-31-24(19-38-27)20-9-5-4-6-10-20/h4-6,9-10,15-16,19,22-23H,7-8,11-14,17-18H2,1-3H3. The van der Waals surface area contributed by atoms with Gasteiger partial charge in [-0.25, -0.2) is 4.98 Å². The number of methoxy groups -OCH3 is 1. The van der Waals surface area contributed by atoms with Gasteiger partial charge in [0.25, 0.3) is 5.91 Å². The van der Waals surface area contributed by atoms with Crippen molar-refractivity contribution < 1.29 is 19.0 Å². The fourth-order valence-corrected chi connectivity index (χ4v) is 6.58. The smallest absolute Gasteiger partial charge is 0.254 e. The monoisotopic (exact) mass is 533 g/mol. The van der Waals surface area contributed by atoms with Crippen LogP contribution in [0.3, 0.4) is 0 Å². The lowest BCUT2D eigenvalue weighted by molar-refractivity contribution is -0.0439. The lowest BCUT2D eigenvalue weighted by atomic mass is 9.91. The van der Waals surface area contributed by atoms with E-state index in [9.17, 15) is 4.79 Å². The molecule has 0 radical (unpaired) electrons. The van der Waals surface area contributed by atoms with Crippen LogP contribution in [0.4, 0.5) is 0 Å². The normalized spacial score (nSPS) is 20.3. The Labute approximate surface area is 228 Å². The van der Waals surface area contributed by atoms with Gasteiger partial charge in [-0.15, -0.1) is 11.3 Å². The number of rotatable bonds is 8. The van der Waals surface area contributed by atoms with Crippen molar-refractivity contribution in [3.8, 4) is 28.5 Å². The minimum absolute atomic E-state index is 0.0451. The van der Waals surface area contributed by atoms with Crippen LogP contribution in [-0.4, -0.2) is 58.8 Å². The molecule has 1 saturated carbocycles. The van der Waals surface area contributed by atoms with E-state index in [4.69, 9.17) is 19.2 Å². The predicted octanol–water partition coefficient (Wildman–Crippen LogP) is 5.99. The first kappa shape index (κ1) is 25.2. The number of likely N-dealkylation sites (tertiary alicyclic amines) is 1. The van der Waals surface area contributed by atoms with Gasteiger partial charge in [-0.1, -0.05) is 36.8 Å². The lowest BCUT2D eigenvalue weighted by Gasteiger charge is -2.40. The third-order valence-corrected chi connectivity index (χ3v) is 8.66. The summed E-state index contributed by atoms with van der Waals surface area (Å²) >= 11 is 1.61. The number of aromatic nitrogens is 1. The summed E-state index contributed by atoms with van der Waals surface area (Å²) in [5.74, 6) is 0.735. The van der Waals surface area contributed by atoms with Crippen LogP contribution in [0.15, 0.2) is 47.8 Å². The first-order chi connectivity index (χ1) is 18.4. The Hall–Kier alpha value is -3.10. The lowest BCUT2D eigenvalue weighted by Crippen LogP contribution is -2.48. The van der Waals surface area contributed by atoms with Gasteiger partial charge in [0.15, 0.2) is 11.5 Å². The van der Waals surface area contributed by atoms with E-state index in [0.29, 0.717) is 48.0 Å². The molecule has 2 fully saturated rings. The zero-order chi connectivity index (χ0) is 26.3. The molecule has 1 amide bonds. The van der Waals surface area contributed by atoms with Gasteiger partial charge >= 0.3 is 0 Å². The fraction of sp³-hybridized carbons (Fsp3) is 0.467. The number of hydrogen-bond donors (Lipinski definition) is 0. The first-order valence-corrected chi connectivity index (χ1v) is 14.4. The Morgan fingerprint density at radius 1 is 1.16 bits per heavy atom. The quantitative estimate of drug-likeness (QED) is 0.355. The molecule has 0 spiro atoms. The van der Waals surface area contributed by atoms with Crippen LogP contribution in [0.25, 0.3) is 11.3 Å². The molecule has 0 N–H and O–H groups in total. The summed E-state index contributed by atoms with van der Waals surface area (Å²) in [7, 11) is 1.59. The predicted molar refractivity (Wildman–Crippen MR) is 148 cm³/mol. The van der Waals surface area contributed by atoms with Gasteiger partial charge < -0.3 is 19.1 Å². The van der Waals surface area contributed by atoms with Crippen LogP contribution in [0.5, 0.6) is 17.2 Å². The number of thiazole rings is 1. The second-order valence-corrected chi connectivity index (χ2v) is 11.8. The van der Waals surface area contributed by atoms with Gasteiger partial charge in [-0.2, -0.15) is 0 Å². The van der Waals surface area contributed by atoms with Crippen LogP contribution in [0, 0.1) is 0 Å². The molecule has 1 saturated heterocycles. The van der Waals surface area contributed by atoms with Crippen LogP contribution < -0.4 is 14.2 Å². The molecule has 3 aliphatic rings. The second-order valence-electron chi connectivity index (χ2n) is 10.9. The molecule has 200 valence electrons. The van der Waals surface area contributed by atoms with E-state index in [0.717, 1.165) is 29.2 Å². The Kier molecular flexibility index (Phi) is 6.78. The van der Waals surface area contributed by atoms with Crippen molar-refractivity contribution in [2.45, 2.75) is 70.4 Å². The molecule has 0 bridgehead atoms. The highest BCUT2D eigenvalue weighted by molar-refractivity contribution is 7.09. The van der Waals surface area contributed by atoms with Crippen LogP contribution in [0.2, 0.25) is 0 Å². The van der Waals surface area contributed by atoms with Crippen molar-refractivity contribution in [2.75, 3.05) is 20.2 Å². The minimum Gasteiger partial charge on any atom is -0.493 e. The average molecular weight is 534 g/mol. The van der Waals surface area contributed by atoms with Gasteiger partial charge in [0.05, 0.1) is 19.3 Å². The third-order valence-electron chi connectivity index (χ3n) is 7.82. The molecule has 6 rings (SSSR count). The van der Waals surface area contributed by atoms with Crippen molar-refractivity contribution in [1.82, 2.24) is 14.8 Å². The van der Waals surface area contributed by atoms with Crippen molar-refractivity contribution in [2.24, 2.45) is 0 Å². The average Bonchev–Trinajstić information content (AvgIpc) is 3.60. The highest BCUT2D eigenvalue weighted by Gasteiger charge is 2.38. The van der Waals surface area contributed by atoms with Gasteiger partial charge in [0.2, 0.25) is 11.5 Å². The number of amides is 1. The Balaban J connectivity index is 1.29. The van der Waals surface area contributed by atoms with Gasteiger partial charge in [-0.3, -0.25) is 9.69 Å². The molecule has 3 aromatic rings. The van der Waals surface area contributed by atoms with E-state index in [2.05, 4.69) is 22.4 Å². The summed E-state index contributed by atoms with van der Waals surface area (Å²) in [6.45, 7) is 5.97. The van der Waals surface area contributed by atoms with Crippen LogP contribution in [0.1, 0.15) is 61.3 Å². The molecule has 2 aliphatic heterocycles. The third kappa shape index (κ3) is 4.99. The zero-order valence-electron chi connectivity index (χ0n) is 22.3. The second kappa shape index (κ2) is 10.2. The number of fused-ring (bicyclic) bond motifs is 1. The molecule has 8 heteroatoms. The highest BCUT2D eigenvalue weighted by atomic mass is 32.1. The van der Waals surface area contributed by atoms with Gasteiger partial charge in [0, 0.05) is 49.0 Å². The SMILES string of the molecule is COc1cc(C(=O)N(Cc2nc(-c3ccccc3)cs2)CC2CCCN2C2CCC2)cc2c1OC(C)(C)O2. The largest absolute Gasteiger partial charge is 0.493 e. The van der Waals surface area contributed by atoms with E-state index in [1.165, 1.54) is 25.7 Å². The molecule has 7 nitrogen and oxygen atoms in total. The van der Waals surface area contributed by atoms with Gasteiger partial charge in [-0.05, 0) is 44.4 Å².